The van der Waals surface area contributed by atoms with E-state index in [0.29, 0.717) is 10.8 Å². The number of benzene rings is 2. The molecule has 4 unspecified atom stereocenters. The molecule has 1 N–H and O–H groups in total. The number of aromatic nitrogens is 2. The minimum atomic E-state index is -2.16. The maximum absolute atomic E-state index is 15.4. The van der Waals surface area contributed by atoms with Gasteiger partial charge in [-0.2, -0.15) is 4.39 Å². The number of ether oxygens (including phenoxy) is 3. The van der Waals surface area contributed by atoms with Crippen molar-refractivity contribution in [1.29, 1.82) is 0 Å². The number of alkyl halides is 1. The Balaban J connectivity index is 1.59. The van der Waals surface area contributed by atoms with Crippen LogP contribution in [0.2, 0.25) is 0 Å². The summed E-state index contributed by atoms with van der Waals surface area (Å²) in [6.45, 7) is -0.530. The fourth-order valence-electron chi connectivity index (χ4n) is 3.42. The lowest BCUT2D eigenvalue weighted by atomic mass is 10.1. The van der Waals surface area contributed by atoms with Crippen molar-refractivity contribution in [2.45, 2.75) is 24.6 Å². The van der Waals surface area contributed by atoms with E-state index in [1.54, 1.807) is 41.4 Å². The molecule has 4 rings (SSSR count). The SMILES string of the molecule is O=C(OCC1OC(n2cc(F)c(=O)[nH]c2=O)C(F)C1OC(=O)c1ccccc1)c1ccccc1. The predicted molar refractivity (Wildman–Crippen MR) is 112 cm³/mol. The van der Waals surface area contributed by atoms with E-state index in [1.165, 1.54) is 24.3 Å². The van der Waals surface area contributed by atoms with Crippen LogP contribution in [0.4, 0.5) is 8.78 Å². The summed E-state index contributed by atoms with van der Waals surface area (Å²) < 4.78 is 45.7. The molecule has 2 heterocycles. The lowest BCUT2D eigenvalue weighted by molar-refractivity contribution is -0.0594. The second-order valence-corrected chi connectivity index (χ2v) is 7.35. The molecule has 11 heteroatoms. The van der Waals surface area contributed by atoms with E-state index in [-0.39, 0.29) is 11.1 Å². The van der Waals surface area contributed by atoms with Gasteiger partial charge in [0, 0.05) is 0 Å². The first-order valence-electron chi connectivity index (χ1n) is 10.1. The molecule has 0 aliphatic carbocycles. The summed E-state index contributed by atoms with van der Waals surface area (Å²) in [4.78, 5) is 50.0. The Morgan fingerprint density at radius 2 is 1.56 bits per heavy atom. The minimum absolute atomic E-state index is 0.130. The number of H-pyrrole nitrogens is 1. The Labute approximate surface area is 190 Å². The van der Waals surface area contributed by atoms with Crippen molar-refractivity contribution in [1.82, 2.24) is 9.55 Å². The van der Waals surface area contributed by atoms with Crippen LogP contribution in [0.15, 0.2) is 76.4 Å². The van der Waals surface area contributed by atoms with Gasteiger partial charge in [0.15, 0.2) is 18.5 Å². The summed E-state index contributed by atoms with van der Waals surface area (Å²) >= 11 is 0. The van der Waals surface area contributed by atoms with E-state index in [2.05, 4.69) is 0 Å². The van der Waals surface area contributed by atoms with E-state index in [4.69, 9.17) is 14.2 Å². The fraction of sp³-hybridized carbons (Fsp3) is 0.217. The van der Waals surface area contributed by atoms with Crippen LogP contribution in [0.25, 0.3) is 0 Å². The highest BCUT2D eigenvalue weighted by atomic mass is 19.1. The number of halogens is 2. The molecular formula is C23H18F2N2O7. The second-order valence-electron chi connectivity index (χ2n) is 7.35. The number of rotatable bonds is 6. The molecule has 4 atom stereocenters. The van der Waals surface area contributed by atoms with Gasteiger partial charge in [-0.1, -0.05) is 36.4 Å². The molecule has 1 aliphatic rings. The molecule has 0 spiro atoms. The van der Waals surface area contributed by atoms with Gasteiger partial charge in [0.25, 0.3) is 5.56 Å². The summed E-state index contributed by atoms with van der Waals surface area (Å²) in [6, 6.07) is 15.7. The first-order chi connectivity index (χ1) is 16.3. The molecule has 0 bridgehead atoms. The Morgan fingerprint density at radius 3 is 2.18 bits per heavy atom. The fourth-order valence-corrected chi connectivity index (χ4v) is 3.42. The number of esters is 2. The quantitative estimate of drug-likeness (QED) is 0.546. The molecule has 0 radical (unpaired) electrons. The summed E-state index contributed by atoms with van der Waals surface area (Å²) in [5.41, 5.74) is -2.06. The average molecular weight is 472 g/mol. The van der Waals surface area contributed by atoms with Gasteiger partial charge < -0.3 is 14.2 Å². The monoisotopic (exact) mass is 472 g/mol. The molecule has 34 heavy (non-hydrogen) atoms. The number of nitrogens with zero attached hydrogens (tertiary/aromatic N) is 1. The van der Waals surface area contributed by atoms with Gasteiger partial charge in [0.2, 0.25) is 5.82 Å². The van der Waals surface area contributed by atoms with Crippen LogP contribution in [-0.2, 0) is 14.2 Å². The highest BCUT2D eigenvalue weighted by Crippen LogP contribution is 2.34. The standard InChI is InChI=1S/C23H18F2N2O7/c24-15-11-27(23(31)26-19(15)28)20-17(25)18(34-22(30)14-9-5-2-6-10-14)16(33-20)12-32-21(29)13-7-3-1-4-8-13/h1-11,16-18,20H,12H2,(H,26,28,31). The number of nitrogens with one attached hydrogen (secondary N) is 1. The Morgan fingerprint density at radius 1 is 0.971 bits per heavy atom. The zero-order chi connectivity index (χ0) is 24.2. The zero-order valence-electron chi connectivity index (χ0n) is 17.4. The van der Waals surface area contributed by atoms with Crippen LogP contribution in [0.5, 0.6) is 0 Å². The second kappa shape index (κ2) is 9.79. The molecule has 176 valence electrons. The van der Waals surface area contributed by atoms with Gasteiger partial charge in [-0.15, -0.1) is 0 Å². The van der Waals surface area contributed by atoms with Crippen molar-refractivity contribution in [2.24, 2.45) is 0 Å². The number of carbonyl (C=O) groups excluding carboxylic acids is 2. The average Bonchev–Trinajstić information content (AvgIpc) is 3.15. The molecule has 0 amide bonds. The Bertz CT molecular complexity index is 1290. The van der Waals surface area contributed by atoms with Gasteiger partial charge in [0.1, 0.15) is 12.7 Å². The molecule has 0 saturated carbocycles. The lowest BCUT2D eigenvalue weighted by Crippen LogP contribution is -2.39. The Hall–Kier alpha value is -4.12. The largest absolute Gasteiger partial charge is 0.459 e. The maximum atomic E-state index is 15.4. The normalized spacial score (nSPS) is 21.7. The molecule has 1 saturated heterocycles. The minimum Gasteiger partial charge on any atom is -0.459 e. The third-order valence-corrected chi connectivity index (χ3v) is 5.11. The maximum Gasteiger partial charge on any atom is 0.338 e. The zero-order valence-corrected chi connectivity index (χ0v) is 17.4. The molecular weight excluding hydrogens is 454 g/mol. The van der Waals surface area contributed by atoms with E-state index < -0.39 is 60.2 Å². The van der Waals surface area contributed by atoms with Crippen LogP contribution < -0.4 is 11.2 Å². The molecule has 1 fully saturated rings. The van der Waals surface area contributed by atoms with Crippen molar-refractivity contribution < 1.29 is 32.6 Å². The van der Waals surface area contributed by atoms with E-state index in [1.807, 2.05) is 0 Å². The van der Waals surface area contributed by atoms with Crippen LogP contribution >= 0.6 is 0 Å². The number of aromatic amines is 1. The molecule has 1 aromatic heterocycles. The highest BCUT2D eigenvalue weighted by Gasteiger charge is 2.49. The van der Waals surface area contributed by atoms with Gasteiger partial charge in [-0.25, -0.2) is 18.8 Å². The smallest absolute Gasteiger partial charge is 0.338 e. The first-order valence-corrected chi connectivity index (χ1v) is 10.1. The predicted octanol–water partition coefficient (Wildman–Crippen LogP) is 1.99. The van der Waals surface area contributed by atoms with E-state index in [9.17, 15) is 23.6 Å². The third-order valence-electron chi connectivity index (χ3n) is 5.11. The van der Waals surface area contributed by atoms with Crippen LogP contribution in [0.1, 0.15) is 26.9 Å². The number of hydrogen-bond donors (Lipinski definition) is 1. The summed E-state index contributed by atoms with van der Waals surface area (Å²) in [6.07, 6.45) is -6.36. The topological polar surface area (TPSA) is 117 Å². The summed E-state index contributed by atoms with van der Waals surface area (Å²) in [5, 5.41) is 0. The van der Waals surface area contributed by atoms with Gasteiger partial charge in [-0.3, -0.25) is 14.3 Å². The molecule has 3 aromatic rings. The van der Waals surface area contributed by atoms with Crippen molar-refractivity contribution in [2.75, 3.05) is 6.61 Å². The summed E-state index contributed by atoms with van der Waals surface area (Å²) in [5.74, 6) is -2.95. The molecule has 1 aliphatic heterocycles. The number of carbonyl (C=O) groups is 2. The van der Waals surface area contributed by atoms with Crippen LogP contribution in [0.3, 0.4) is 0 Å². The van der Waals surface area contributed by atoms with Gasteiger partial charge >= 0.3 is 17.6 Å². The molecule has 9 nitrogen and oxygen atoms in total. The summed E-state index contributed by atoms with van der Waals surface area (Å²) in [7, 11) is 0. The number of hydrogen-bond acceptors (Lipinski definition) is 7. The van der Waals surface area contributed by atoms with Crippen LogP contribution in [-0.4, -0.2) is 46.5 Å². The Kier molecular flexibility index (Phi) is 6.64. The van der Waals surface area contributed by atoms with E-state index >= 15 is 4.39 Å². The highest BCUT2D eigenvalue weighted by molar-refractivity contribution is 5.90. The van der Waals surface area contributed by atoms with Crippen LogP contribution in [0, 0.1) is 5.82 Å². The van der Waals surface area contributed by atoms with Crippen molar-refractivity contribution in [3.05, 3.63) is 105 Å². The molecule has 2 aromatic carbocycles. The lowest BCUT2D eigenvalue weighted by Gasteiger charge is -2.19. The van der Waals surface area contributed by atoms with Gasteiger partial charge in [-0.05, 0) is 24.3 Å². The third kappa shape index (κ3) is 4.79. The van der Waals surface area contributed by atoms with Crippen molar-refractivity contribution in [3.63, 3.8) is 0 Å². The first kappa shape index (κ1) is 23.1. The van der Waals surface area contributed by atoms with Gasteiger partial charge in [0.05, 0.1) is 17.3 Å². The van der Waals surface area contributed by atoms with Crippen molar-refractivity contribution in [3.8, 4) is 0 Å². The van der Waals surface area contributed by atoms with Crippen molar-refractivity contribution >= 4 is 11.9 Å². The van der Waals surface area contributed by atoms with E-state index in [0.717, 1.165) is 0 Å².